The fraction of sp³-hybridized carbons (Fsp3) is 0.357. The van der Waals surface area contributed by atoms with E-state index in [1.165, 1.54) is 16.7 Å². The van der Waals surface area contributed by atoms with E-state index in [4.69, 9.17) is 5.26 Å². The number of hydrogen-bond acceptors (Lipinski definition) is 4. The van der Waals surface area contributed by atoms with Crippen LogP contribution in [0.1, 0.15) is 6.42 Å². The minimum Gasteiger partial charge on any atom is -0.332 e. The van der Waals surface area contributed by atoms with E-state index in [1.54, 1.807) is 4.90 Å². The highest BCUT2D eigenvalue weighted by atomic mass is 32.2. The molecule has 1 aromatic rings. The molecule has 0 aromatic heterocycles. The van der Waals surface area contributed by atoms with Crippen LogP contribution in [-0.4, -0.2) is 42.1 Å². The number of benzene rings is 1. The molecule has 0 saturated carbocycles. The van der Waals surface area contributed by atoms with E-state index in [0.717, 1.165) is 12.1 Å². The van der Waals surface area contributed by atoms with Gasteiger partial charge in [-0.25, -0.2) is 0 Å². The van der Waals surface area contributed by atoms with Crippen LogP contribution in [0.25, 0.3) is 0 Å². The Kier molecular flexibility index (Phi) is 5.02. The van der Waals surface area contributed by atoms with Gasteiger partial charge in [0.05, 0.1) is 0 Å². The van der Waals surface area contributed by atoms with Crippen molar-refractivity contribution in [2.24, 2.45) is 0 Å². The number of rotatable bonds is 5. The summed E-state index contributed by atoms with van der Waals surface area (Å²) in [6, 6.07) is 9.21. The monoisotopic (exact) mass is 289 g/mol. The second kappa shape index (κ2) is 6.96. The van der Waals surface area contributed by atoms with Gasteiger partial charge in [-0.05, 0) is 30.3 Å². The molecule has 0 N–H and O–H groups in total. The van der Waals surface area contributed by atoms with Gasteiger partial charge in [-0.1, -0.05) is 18.2 Å². The molecule has 1 fully saturated rings. The summed E-state index contributed by atoms with van der Waals surface area (Å²) >= 11 is 1.17. The Hall–Kier alpha value is -2.00. The normalized spacial score (nSPS) is 15.3. The predicted molar refractivity (Wildman–Crippen MR) is 78.1 cm³/mol. The molecule has 1 saturated heterocycles. The lowest BCUT2D eigenvalue weighted by Crippen LogP contribution is -2.54. The largest absolute Gasteiger partial charge is 0.332 e. The van der Waals surface area contributed by atoms with E-state index in [9.17, 15) is 9.59 Å². The highest BCUT2D eigenvalue weighted by Crippen LogP contribution is 2.17. The summed E-state index contributed by atoms with van der Waals surface area (Å²) in [5, 5.41) is 10.4. The summed E-state index contributed by atoms with van der Waals surface area (Å²) in [5.74, 6) is 0.566. The number of amides is 2. The third kappa shape index (κ3) is 3.52. The van der Waals surface area contributed by atoms with Crippen LogP contribution in [0.4, 0.5) is 5.69 Å². The number of nitriles is 1. The Morgan fingerprint density at radius 3 is 2.60 bits per heavy atom. The van der Waals surface area contributed by atoms with Gasteiger partial charge in [0.25, 0.3) is 0 Å². The van der Waals surface area contributed by atoms with Crippen molar-refractivity contribution >= 4 is 29.3 Å². The van der Waals surface area contributed by atoms with E-state index in [1.807, 2.05) is 35.7 Å². The van der Waals surface area contributed by atoms with Gasteiger partial charge < -0.3 is 9.80 Å². The number of thiocyanates is 1. The van der Waals surface area contributed by atoms with Gasteiger partial charge in [0.1, 0.15) is 18.5 Å². The van der Waals surface area contributed by atoms with Gasteiger partial charge in [-0.3, -0.25) is 9.59 Å². The number of para-hydroxylation sites is 1. The minimum atomic E-state index is -0.0660. The summed E-state index contributed by atoms with van der Waals surface area (Å²) in [6.07, 6.45) is 0.725. The lowest BCUT2D eigenvalue weighted by Gasteiger charge is -2.33. The number of hydrogen-bond donors (Lipinski definition) is 0. The van der Waals surface area contributed by atoms with Crippen molar-refractivity contribution in [2.45, 2.75) is 6.42 Å². The van der Waals surface area contributed by atoms with E-state index < -0.39 is 0 Å². The average molecular weight is 289 g/mol. The first-order valence-electron chi connectivity index (χ1n) is 6.36. The quantitative estimate of drug-likeness (QED) is 0.608. The molecular weight excluding hydrogens is 274 g/mol. The first-order valence-corrected chi connectivity index (χ1v) is 7.35. The maximum absolute atomic E-state index is 12.1. The number of carbonyl (C=O) groups is 2. The zero-order valence-electron chi connectivity index (χ0n) is 11.0. The molecule has 2 rings (SSSR count). The van der Waals surface area contributed by atoms with Gasteiger partial charge >= 0.3 is 0 Å². The number of anilines is 1. The molecule has 5 nitrogen and oxygen atoms in total. The maximum Gasteiger partial charge on any atom is 0.247 e. The van der Waals surface area contributed by atoms with Crippen LogP contribution in [0, 0.1) is 10.7 Å². The number of thioether (sulfide) groups is 1. The Morgan fingerprint density at radius 2 is 1.90 bits per heavy atom. The Labute approximate surface area is 122 Å². The zero-order valence-corrected chi connectivity index (χ0v) is 11.8. The predicted octanol–water partition coefficient (Wildman–Crippen LogP) is 1.47. The first kappa shape index (κ1) is 14.4. The molecule has 1 heterocycles. The van der Waals surface area contributed by atoms with Crippen LogP contribution in [0.15, 0.2) is 30.3 Å². The Balaban J connectivity index is 1.93. The lowest BCUT2D eigenvalue weighted by atomic mass is 10.2. The van der Waals surface area contributed by atoms with Gasteiger partial charge in [0, 0.05) is 18.0 Å². The van der Waals surface area contributed by atoms with Crippen molar-refractivity contribution in [3.63, 3.8) is 0 Å². The lowest BCUT2D eigenvalue weighted by molar-refractivity contribution is -0.138. The maximum atomic E-state index is 12.1. The van der Waals surface area contributed by atoms with Crippen LogP contribution in [0.5, 0.6) is 0 Å². The fourth-order valence-corrected chi connectivity index (χ4v) is 2.45. The average Bonchev–Trinajstić information content (AvgIpc) is 2.47. The molecule has 0 bridgehead atoms. The third-order valence-electron chi connectivity index (χ3n) is 3.08. The van der Waals surface area contributed by atoms with Gasteiger partial charge in [0.15, 0.2) is 0 Å². The van der Waals surface area contributed by atoms with Crippen molar-refractivity contribution in [1.82, 2.24) is 4.90 Å². The van der Waals surface area contributed by atoms with Crippen molar-refractivity contribution in [1.29, 1.82) is 5.26 Å². The second-order valence-corrected chi connectivity index (χ2v) is 5.30. The Bertz CT molecular complexity index is 527. The highest BCUT2D eigenvalue weighted by molar-refractivity contribution is 8.03. The summed E-state index contributed by atoms with van der Waals surface area (Å²) in [7, 11) is 0. The molecular formula is C14H15N3O2S. The highest BCUT2D eigenvalue weighted by Gasteiger charge is 2.30. The molecule has 2 amide bonds. The molecule has 0 spiro atoms. The molecule has 0 radical (unpaired) electrons. The molecule has 1 aliphatic heterocycles. The second-order valence-electron chi connectivity index (χ2n) is 4.42. The standard InChI is InChI=1S/C14H15N3O2S/c15-11-20-8-4-7-16-9-14(19)17(10-13(16)18)12-5-2-1-3-6-12/h1-3,5-6H,4,7-10H2. The van der Waals surface area contributed by atoms with Gasteiger partial charge in [-0.15, -0.1) is 0 Å². The SMILES string of the molecule is N#CSCCCN1CC(=O)N(c2ccccc2)CC1=O. The first-order chi connectivity index (χ1) is 9.72. The smallest absolute Gasteiger partial charge is 0.247 e. The molecule has 0 aliphatic carbocycles. The number of piperazine rings is 1. The van der Waals surface area contributed by atoms with Crippen molar-refractivity contribution in [2.75, 3.05) is 30.3 Å². The molecule has 6 heteroatoms. The number of carbonyl (C=O) groups excluding carboxylic acids is 2. The molecule has 20 heavy (non-hydrogen) atoms. The molecule has 1 aromatic carbocycles. The molecule has 0 unspecified atom stereocenters. The van der Waals surface area contributed by atoms with Crippen LogP contribution >= 0.6 is 11.8 Å². The van der Waals surface area contributed by atoms with Crippen LogP contribution in [-0.2, 0) is 9.59 Å². The van der Waals surface area contributed by atoms with Crippen molar-refractivity contribution in [3.05, 3.63) is 30.3 Å². The molecule has 1 aliphatic rings. The third-order valence-corrected chi connectivity index (χ3v) is 3.70. The van der Waals surface area contributed by atoms with Gasteiger partial charge in [0.2, 0.25) is 11.8 Å². The van der Waals surface area contributed by atoms with Crippen molar-refractivity contribution < 1.29 is 9.59 Å². The molecule has 0 atom stereocenters. The summed E-state index contributed by atoms with van der Waals surface area (Å²) in [6.45, 7) is 0.737. The zero-order chi connectivity index (χ0) is 14.4. The van der Waals surface area contributed by atoms with Crippen LogP contribution in [0.3, 0.4) is 0 Å². The van der Waals surface area contributed by atoms with Crippen molar-refractivity contribution in [3.8, 4) is 5.40 Å². The van der Waals surface area contributed by atoms with E-state index in [2.05, 4.69) is 0 Å². The van der Waals surface area contributed by atoms with E-state index >= 15 is 0 Å². The molecule has 104 valence electrons. The van der Waals surface area contributed by atoms with E-state index in [0.29, 0.717) is 12.3 Å². The van der Waals surface area contributed by atoms with Gasteiger partial charge in [-0.2, -0.15) is 5.26 Å². The topological polar surface area (TPSA) is 64.4 Å². The van der Waals surface area contributed by atoms with E-state index in [-0.39, 0.29) is 24.9 Å². The number of nitrogens with zero attached hydrogens (tertiary/aromatic N) is 3. The van der Waals surface area contributed by atoms with Crippen LogP contribution < -0.4 is 4.90 Å². The summed E-state index contributed by atoms with van der Waals surface area (Å²) < 4.78 is 0. The summed E-state index contributed by atoms with van der Waals surface area (Å²) in [4.78, 5) is 27.2. The summed E-state index contributed by atoms with van der Waals surface area (Å²) in [5.41, 5.74) is 0.755. The minimum absolute atomic E-state index is 0.0459. The fourth-order valence-electron chi connectivity index (χ4n) is 2.08. The Morgan fingerprint density at radius 1 is 1.15 bits per heavy atom. The van der Waals surface area contributed by atoms with Crippen LogP contribution in [0.2, 0.25) is 0 Å².